The quantitative estimate of drug-likeness (QED) is 0.850. The lowest BCUT2D eigenvalue weighted by atomic mass is 10.2. The second kappa shape index (κ2) is 6.23. The van der Waals surface area contributed by atoms with E-state index in [1.807, 2.05) is 13.8 Å². The Kier molecular flexibility index (Phi) is 4.61. The summed E-state index contributed by atoms with van der Waals surface area (Å²) in [5.74, 6) is -0.445. The molecular weight excluding hydrogens is 280 g/mol. The van der Waals surface area contributed by atoms with Crippen LogP contribution >= 0.6 is 11.3 Å². The number of urea groups is 1. The fourth-order valence-corrected chi connectivity index (χ4v) is 2.96. The van der Waals surface area contributed by atoms with Crippen LogP contribution in [-0.4, -0.2) is 49.3 Å². The Labute approximate surface area is 121 Å². The van der Waals surface area contributed by atoms with E-state index in [-0.39, 0.29) is 18.2 Å². The molecule has 1 aliphatic rings. The van der Waals surface area contributed by atoms with E-state index in [4.69, 9.17) is 4.74 Å². The number of anilines is 1. The number of ether oxygens (including phenoxy) is 2. The Morgan fingerprint density at radius 3 is 2.65 bits per heavy atom. The van der Waals surface area contributed by atoms with Crippen LogP contribution in [0.3, 0.4) is 0 Å². The predicted octanol–water partition coefficient (Wildman–Crippen LogP) is 2.18. The van der Waals surface area contributed by atoms with E-state index in [1.165, 1.54) is 18.4 Å². The molecule has 2 heterocycles. The van der Waals surface area contributed by atoms with E-state index in [9.17, 15) is 9.59 Å². The molecule has 0 bridgehead atoms. The second-order valence-electron chi connectivity index (χ2n) is 4.75. The third-order valence-corrected chi connectivity index (χ3v) is 3.88. The molecule has 0 spiro atoms. The number of rotatable bonds is 2. The van der Waals surface area contributed by atoms with Gasteiger partial charge >= 0.3 is 12.0 Å². The van der Waals surface area contributed by atoms with Gasteiger partial charge in [0, 0.05) is 13.1 Å². The summed E-state index contributed by atoms with van der Waals surface area (Å²) in [5, 5.41) is 4.50. The van der Waals surface area contributed by atoms with Crippen LogP contribution in [0.15, 0.2) is 11.4 Å². The Bertz CT molecular complexity index is 492. The van der Waals surface area contributed by atoms with Gasteiger partial charge < -0.3 is 19.7 Å². The molecule has 1 saturated heterocycles. The number of amides is 2. The van der Waals surface area contributed by atoms with Gasteiger partial charge in [0.2, 0.25) is 0 Å². The van der Waals surface area contributed by atoms with Crippen LogP contribution in [0, 0.1) is 0 Å². The first-order chi connectivity index (χ1) is 9.51. The fourth-order valence-electron chi connectivity index (χ4n) is 2.20. The summed E-state index contributed by atoms with van der Waals surface area (Å²) < 4.78 is 10.3. The molecule has 1 aromatic rings. The van der Waals surface area contributed by atoms with Crippen LogP contribution in [0.5, 0.6) is 0 Å². The van der Waals surface area contributed by atoms with Gasteiger partial charge in [-0.3, -0.25) is 0 Å². The van der Waals surface area contributed by atoms with E-state index < -0.39 is 5.97 Å². The fraction of sp³-hybridized carbons (Fsp3) is 0.538. The van der Waals surface area contributed by atoms with Crippen LogP contribution in [-0.2, 0) is 9.47 Å². The minimum absolute atomic E-state index is 0.00653. The largest absolute Gasteiger partial charge is 0.465 e. The molecule has 110 valence electrons. The third-order valence-electron chi connectivity index (χ3n) is 2.98. The maximum absolute atomic E-state index is 12.2. The van der Waals surface area contributed by atoms with Crippen molar-refractivity contribution in [1.29, 1.82) is 0 Å². The maximum Gasteiger partial charge on any atom is 0.350 e. The predicted molar refractivity (Wildman–Crippen MR) is 76.3 cm³/mol. The molecule has 1 aromatic heterocycles. The summed E-state index contributed by atoms with van der Waals surface area (Å²) in [6, 6.07) is 1.47. The molecule has 0 aromatic carbocycles. The average Bonchev–Trinajstić information content (AvgIpc) is 2.84. The first-order valence-corrected chi connectivity index (χ1v) is 7.26. The van der Waals surface area contributed by atoms with Crippen molar-refractivity contribution in [2.24, 2.45) is 0 Å². The zero-order valence-electron chi connectivity index (χ0n) is 11.7. The highest BCUT2D eigenvalue weighted by Crippen LogP contribution is 2.24. The molecule has 0 aliphatic carbocycles. The van der Waals surface area contributed by atoms with Gasteiger partial charge in [0.15, 0.2) is 0 Å². The molecule has 1 fully saturated rings. The van der Waals surface area contributed by atoms with Gasteiger partial charge in [-0.25, -0.2) is 9.59 Å². The zero-order chi connectivity index (χ0) is 14.7. The van der Waals surface area contributed by atoms with Crippen molar-refractivity contribution >= 4 is 29.0 Å². The lowest BCUT2D eigenvalue weighted by Gasteiger charge is -2.35. The Balaban J connectivity index is 2.04. The molecule has 0 saturated carbocycles. The summed E-state index contributed by atoms with van der Waals surface area (Å²) in [4.78, 5) is 25.9. The molecule has 1 N–H and O–H groups in total. The van der Waals surface area contributed by atoms with E-state index in [1.54, 1.807) is 16.3 Å². The SMILES string of the molecule is COC(=O)c1sccc1NC(=O)N1CC(C)OC(C)C1. The van der Waals surface area contributed by atoms with Gasteiger partial charge in [-0.2, -0.15) is 0 Å². The molecular formula is C13H18N2O4S. The third kappa shape index (κ3) is 3.29. The first kappa shape index (κ1) is 14.8. The van der Waals surface area contributed by atoms with Crippen molar-refractivity contribution in [3.8, 4) is 0 Å². The summed E-state index contributed by atoms with van der Waals surface area (Å²) in [7, 11) is 1.32. The van der Waals surface area contributed by atoms with Gasteiger partial charge in [-0.1, -0.05) is 0 Å². The number of carbonyl (C=O) groups excluding carboxylic acids is 2. The number of esters is 1. The first-order valence-electron chi connectivity index (χ1n) is 6.38. The van der Waals surface area contributed by atoms with Gasteiger partial charge in [-0.15, -0.1) is 11.3 Å². The molecule has 7 heteroatoms. The Hall–Kier alpha value is -1.60. The summed E-state index contributed by atoms with van der Waals surface area (Å²) >= 11 is 1.24. The van der Waals surface area contributed by atoms with Crippen molar-refractivity contribution < 1.29 is 19.1 Å². The Morgan fingerprint density at radius 2 is 2.05 bits per heavy atom. The van der Waals surface area contributed by atoms with Crippen molar-refractivity contribution in [2.75, 3.05) is 25.5 Å². The lowest BCUT2D eigenvalue weighted by Crippen LogP contribution is -2.49. The van der Waals surface area contributed by atoms with Crippen LogP contribution < -0.4 is 5.32 Å². The molecule has 6 nitrogen and oxygen atoms in total. The van der Waals surface area contributed by atoms with Crippen LogP contribution in [0.25, 0.3) is 0 Å². The highest BCUT2D eigenvalue weighted by Gasteiger charge is 2.27. The molecule has 0 radical (unpaired) electrons. The molecule has 2 amide bonds. The molecule has 2 atom stereocenters. The number of hydrogen-bond donors (Lipinski definition) is 1. The minimum Gasteiger partial charge on any atom is -0.465 e. The second-order valence-corrected chi connectivity index (χ2v) is 5.66. The Morgan fingerprint density at radius 1 is 1.40 bits per heavy atom. The summed E-state index contributed by atoms with van der Waals surface area (Å²) in [5.41, 5.74) is 0.485. The standard InChI is InChI=1S/C13H18N2O4S/c1-8-6-15(7-9(2)19-8)13(17)14-10-4-5-20-11(10)12(16)18-3/h4-5,8-9H,6-7H2,1-3H3,(H,14,17). The monoisotopic (exact) mass is 298 g/mol. The number of nitrogens with zero attached hydrogens (tertiary/aromatic N) is 1. The summed E-state index contributed by atoms with van der Waals surface area (Å²) in [6.07, 6.45) is 0.0131. The van der Waals surface area contributed by atoms with E-state index in [2.05, 4.69) is 10.1 Å². The number of morpholine rings is 1. The van der Waals surface area contributed by atoms with Gasteiger partial charge in [-0.05, 0) is 25.3 Å². The lowest BCUT2D eigenvalue weighted by molar-refractivity contribution is -0.0530. The van der Waals surface area contributed by atoms with Gasteiger partial charge in [0.25, 0.3) is 0 Å². The van der Waals surface area contributed by atoms with Crippen molar-refractivity contribution in [1.82, 2.24) is 4.90 Å². The highest BCUT2D eigenvalue weighted by molar-refractivity contribution is 7.12. The minimum atomic E-state index is -0.445. The van der Waals surface area contributed by atoms with Gasteiger partial charge in [0.1, 0.15) is 4.88 Å². The van der Waals surface area contributed by atoms with Crippen molar-refractivity contribution in [2.45, 2.75) is 26.1 Å². The molecule has 2 unspecified atom stereocenters. The van der Waals surface area contributed by atoms with E-state index in [0.717, 1.165) is 0 Å². The average molecular weight is 298 g/mol. The number of carbonyl (C=O) groups is 2. The maximum atomic E-state index is 12.2. The molecule has 1 aliphatic heterocycles. The topological polar surface area (TPSA) is 67.9 Å². The van der Waals surface area contributed by atoms with Crippen LogP contribution in [0.2, 0.25) is 0 Å². The number of thiophene rings is 1. The van der Waals surface area contributed by atoms with E-state index in [0.29, 0.717) is 23.7 Å². The van der Waals surface area contributed by atoms with Gasteiger partial charge in [0.05, 0.1) is 25.0 Å². The van der Waals surface area contributed by atoms with E-state index >= 15 is 0 Å². The normalized spacial score (nSPS) is 22.4. The van der Waals surface area contributed by atoms with Crippen LogP contribution in [0.1, 0.15) is 23.5 Å². The highest BCUT2D eigenvalue weighted by atomic mass is 32.1. The zero-order valence-corrected chi connectivity index (χ0v) is 12.5. The van der Waals surface area contributed by atoms with Crippen molar-refractivity contribution in [3.63, 3.8) is 0 Å². The smallest absolute Gasteiger partial charge is 0.350 e. The summed E-state index contributed by atoms with van der Waals surface area (Å²) in [6.45, 7) is 4.93. The number of nitrogens with one attached hydrogen (secondary N) is 1. The molecule has 20 heavy (non-hydrogen) atoms. The van der Waals surface area contributed by atoms with Crippen LogP contribution in [0.4, 0.5) is 10.5 Å². The van der Waals surface area contributed by atoms with Crippen molar-refractivity contribution in [3.05, 3.63) is 16.3 Å². The number of hydrogen-bond acceptors (Lipinski definition) is 5. The number of methoxy groups -OCH3 is 1. The molecule has 2 rings (SSSR count).